The first-order chi connectivity index (χ1) is 6.25. The third kappa shape index (κ3) is 1.56. The molecule has 0 N–H and O–H groups in total. The highest BCUT2D eigenvalue weighted by Crippen LogP contribution is 2.14. The molecule has 0 saturated carbocycles. The van der Waals surface area contributed by atoms with E-state index in [1.54, 1.807) is 10.9 Å². The Morgan fingerprint density at radius 1 is 1.31 bits per heavy atom. The van der Waals surface area contributed by atoms with Crippen molar-refractivity contribution in [3.63, 3.8) is 0 Å². The second kappa shape index (κ2) is 2.97. The van der Waals surface area contributed by atoms with E-state index in [0.717, 1.165) is 16.8 Å². The molecule has 2 aromatic heterocycles. The number of aromatic nitrogens is 4. The molecule has 0 saturated heterocycles. The van der Waals surface area contributed by atoms with Crippen molar-refractivity contribution >= 4 is 0 Å². The van der Waals surface area contributed by atoms with Crippen molar-refractivity contribution < 1.29 is 0 Å². The molecule has 0 unspecified atom stereocenters. The molecular formula is C9H10N4. The maximum Gasteiger partial charge on any atom is 0.114 e. The van der Waals surface area contributed by atoms with Crippen molar-refractivity contribution in [2.75, 3.05) is 0 Å². The molecule has 0 bridgehead atoms. The van der Waals surface area contributed by atoms with Crippen LogP contribution < -0.4 is 0 Å². The van der Waals surface area contributed by atoms with E-state index < -0.39 is 0 Å². The fraction of sp³-hybridized carbons (Fsp3) is 0.222. The summed E-state index contributed by atoms with van der Waals surface area (Å²) in [6.07, 6.45) is 5.48. The highest BCUT2D eigenvalue weighted by molar-refractivity contribution is 5.56. The average molecular weight is 174 g/mol. The molecule has 0 spiro atoms. The summed E-state index contributed by atoms with van der Waals surface area (Å²) in [7, 11) is 1.85. The van der Waals surface area contributed by atoms with E-state index in [-0.39, 0.29) is 0 Å². The minimum Gasteiger partial charge on any atom is -0.264 e. The lowest BCUT2D eigenvalue weighted by Gasteiger charge is -1.95. The second-order valence-electron chi connectivity index (χ2n) is 3.03. The van der Waals surface area contributed by atoms with Crippen LogP contribution in [0.5, 0.6) is 0 Å². The van der Waals surface area contributed by atoms with Gasteiger partial charge in [0.25, 0.3) is 0 Å². The third-order valence-corrected chi connectivity index (χ3v) is 1.77. The summed E-state index contributed by atoms with van der Waals surface area (Å²) in [5.74, 6) is 0. The lowest BCUT2D eigenvalue weighted by atomic mass is 10.2. The molecule has 0 fully saturated rings. The Kier molecular flexibility index (Phi) is 1.81. The highest BCUT2D eigenvalue weighted by Gasteiger charge is 2.01. The van der Waals surface area contributed by atoms with Crippen LogP contribution in [0.4, 0.5) is 0 Å². The highest BCUT2D eigenvalue weighted by atomic mass is 15.4. The molecule has 0 aliphatic heterocycles. The normalized spacial score (nSPS) is 10.3. The van der Waals surface area contributed by atoms with Crippen LogP contribution in [0.25, 0.3) is 11.3 Å². The summed E-state index contributed by atoms with van der Waals surface area (Å²) >= 11 is 0. The van der Waals surface area contributed by atoms with Gasteiger partial charge in [0, 0.05) is 25.0 Å². The van der Waals surface area contributed by atoms with E-state index in [4.69, 9.17) is 0 Å². The third-order valence-electron chi connectivity index (χ3n) is 1.77. The summed E-state index contributed by atoms with van der Waals surface area (Å²) in [5.41, 5.74) is 3.00. The molecule has 2 rings (SSSR count). The molecule has 13 heavy (non-hydrogen) atoms. The number of rotatable bonds is 1. The Bertz CT molecular complexity index is 419. The van der Waals surface area contributed by atoms with Crippen molar-refractivity contribution in [2.45, 2.75) is 6.92 Å². The maximum atomic E-state index is 4.09. The monoisotopic (exact) mass is 174 g/mol. The van der Waals surface area contributed by atoms with Crippen LogP contribution in [0, 0.1) is 6.92 Å². The number of hydrogen-bond acceptors (Lipinski definition) is 3. The van der Waals surface area contributed by atoms with Gasteiger partial charge in [-0.15, -0.1) is 5.10 Å². The van der Waals surface area contributed by atoms with Crippen molar-refractivity contribution in [3.8, 4) is 11.3 Å². The van der Waals surface area contributed by atoms with Gasteiger partial charge in [-0.3, -0.25) is 9.67 Å². The smallest absolute Gasteiger partial charge is 0.114 e. The van der Waals surface area contributed by atoms with E-state index >= 15 is 0 Å². The largest absolute Gasteiger partial charge is 0.264 e. The molecule has 0 aliphatic rings. The molecule has 2 aromatic rings. The van der Waals surface area contributed by atoms with Gasteiger partial charge in [0.05, 0.1) is 6.20 Å². The summed E-state index contributed by atoms with van der Waals surface area (Å²) in [4.78, 5) is 4.09. The fourth-order valence-corrected chi connectivity index (χ4v) is 1.17. The fourth-order valence-electron chi connectivity index (χ4n) is 1.17. The molecule has 2 heterocycles. The van der Waals surface area contributed by atoms with E-state index in [2.05, 4.69) is 15.3 Å². The molecule has 0 aromatic carbocycles. The Labute approximate surface area is 76.2 Å². The Balaban J connectivity index is 2.46. The van der Waals surface area contributed by atoms with Crippen molar-refractivity contribution in [1.29, 1.82) is 0 Å². The Morgan fingerprint density at radius 3 is 2.77 bits per heavy atom. The molecule has 66 valence electrons. The van der Waals surface area contributed by atoms with Crippen LogP contribution in [0.3, 0.4) is 0 Å². The first-order valence-corrected chi connectivity index (χ1v) is 4.04. The SMILES string of the molecule is Cc1cncc(-c2cn(C)nn2)c1. The van der Waals surface area contributed by atoms with Crippen molar-refractivity contribution in [1.82, 2.24) is 20.0 Å². The van der Waals surface area contributed by atoms with Crippen LogP contribution in [-0.4, -0.2) is 20.0 Å². The molecule has 0 aliphatic carbocycles. The van der Waals surface area contributed by atoms with Gasteiger partial charge in [-0.1, -0.05) is 5.21 Å². The Hall–Kier alpha value is -1.71. The van der Waals surface area contributed by atoms with Gasteiger partial charge in [-0.2, -0.15) is 0 Å². The van der Waals surface area contributed by atoms with Gasteiger partial charge in [0.15, 0.2) is 0 Å². The predicted octanol–water partition coefficient (Wildman–Crippen LogP) is 1.19. The zero-order valence-corrected chi connectivity index (χ0v) is 7.60. The average Bonchev–Trinajstić information content (AvgIpc) is 2.52. The van der Waals surface area contributed by atoms with Crippen molar-refractivity contribution in [2.24, 2.45) is 7.05 Å². The number of hydrogen-bond donors (Lipinski definition) is 0. The summed E-state index contributed by atoms with van der Waals surface area (Å²) in [6.45, 7) is 2.01. The van der Waals surface area contributed by atoms with Crippen LogP contribution in [0.2, 0.25) is 0 Å². The second-order valence-corrected chi connectivity index (χ2v) is 3.03. The first kappa shape index (κ1) is 7.91. The lowest BCUT2D eigenvalue weighted by molar-refractivity contribution is 0.715. The van der Waals surface area contributed by atoms with Crippen LogP contribution >= 0.6 is 0 Å². The summed E-state index contributed by atoms with van der Waals surface area (Å²) in [5, 5.41) is 7.86. The number of pyridine rings is 1. The molecule has 0 radical (unpaired) electrons. The number of nitrogens with zero attached hydrogens (tertiary/aromatic N) is 4. The van der Waals surface area contributed by atoms with E-state index in [1.165, 1.54) is 0 Å². The van der Waals surface area contributed by atoms with Crippen LogP contribution in [0.1, 0.15) is 5.56 Å². The standard InChI is InChI=1S/C9H10N4/c1-7-3-8(5-10-4-7)9-6-13(2)12-11-9/h3-6H,1-2H3. The topological polar surface area (TPSA) is 43.6 Å². The van der Waals surface area contributed by atoms with Crippen LogP contribution in [0.15, 0.2) is 24.7 Å². The first-order valence-electron chi connectivity index (χ1n) is 4.04. The van der Waals surface area contributed by atoms with Gasteiger partial charge in [-0.05, 0) is 18.6 Å². The van der Waals surface area contributed by atoms with Crippen molar-refractivity contribution in [3.05, 3.63) is 30.2 Å². The minimum absolute atomic E-state index is 0.860. The number of aryl methyl sites for hydroxylation is 2. The van der Waals surface area contributed by atoms with Gasteiger partial charge in [0.1, 0.15) is 5.69 Å². The summed E-state index contributed by atoms with van der Waals surface area (Å²) < 4.78 is 1.68. The zero-order valence-electron chi connectivity index (χ0n) is 7.60. The summed E-state index contributed by atoms with van der Waals surface area (Å²) in [6, 6.07) is 2.04. The minimum atomic E-state index is 0.860. The lowest BCUT2D eigenvalue weighted by Crippen LogP contribution is -1.85. The Morgan fingerprint density at radius 2 is 2.15 bits per heavy atom. The molecule has 4 nitrogen and oxygen atoms in total. The van der Waals surface area contributed by atoms with E-state index in [0.29, 0.717) is 0 Å². The quantitative estimate of drug-likeness (QED) is 0.652. The zero-order chi connectivity index (χ0) is 9.26. The molecule has 0 amide bonds. The molecule has 4 heteroatoms. The van der Waals surface area contributed by atoms with Crippen LogP contribution in [-0.2, 0) is 7.05 Å². The maximum absolute atomic E-state index is 4.09. The van der Waals surface area contributed by atoms with E-state index in [9.17, 15) is 0 Å². The molecular weight excluding hydrogens is 164 g/mol. The van der Waals surface area contributed by atoms with Gasteiger partial charge >= 0.3 is 0 Å². The van der Waals surface area contributed by atoms with Gasteiger partial charge in [0.2, 0.25) is 0 Å². The molecule has 0 atom stereocenters. The van der Waals surface area contributed by atoms with Gasteiger partial charge in [-0.25, -0.2) is 0 Å². The van der Waals surface area contributed by atoms with Gasteiger partial charge < -0.3 is 0 Å². The predicted molar refractivity (Wildman–Crippen MR) is 49.0 cm³/mol. The van der Waals surface area contributed by atoms with E-state index in [1.807, 2.05) is 32.4 Å².